The van der Waals surface area contributed by atoms with Crippen molar-refractivity contribution in [2.24, 2.45) is 0 Å². The van der Waals surface area contributed by atoms with Crippen LogP contribution in [0.3, 0.4) is 0 Å². The van der Waals surface area contributed by atoms with Gasteiger partial charge in [-0.05, 0) is 25.1 Å². The van der Waals surface area contributed by atoms with Gasteiger partial charge in [0.25, 0.3) is 0 Å². The molecule has 0 saturated carbocycles. The predicted octanol–water partition coefficient (Wildman–Crippen LogP) is 4.92. The first kappa shape index (κ1) is 17.8. The van der Waals surface area contributed by atoms with Gasteiger partial charge >= 0.3 is 6.18 Å². The molecule has 0 aliphatic heterocycles. The number of hydrogen-bond donors (Lipinski definition) is 0. The fourth-order valence-electron chi connectivity index (χ4n) is 2.16. The second-order valence-electron chi connectivity index (χ2n) is 5.30. The Morgan fingerprint density at radius 1 is 1.17 bits per heavy atom. The Hall–Kier alpha value is -2.52. The van der Waals surface area contributed by atoms with Gasteiger partial charge in [-0.2, -0.15) is 18.4 Å². The minimum atomic E-state index is -4.59. The van der Waals surface area contributed by atoms with E-state index in [0.29, 0.717) is 13.1 Å². The average molecular weight is 333 g/mol. The Balaban J connectivity index is 1.94. The molecule has 0 saturated heterocycles. The third-order valence-corrected chi connectivity index (χ3v) is 3.28. The van der Waals surface area contributed by atoms with Gasteiger partial charge in [0.15, 0.2) is 0 Å². The second kappa shape index (κ2) is 7.84. The first-order valence-corrected chi connectivity index (χ1v) is 7.35. The van der Waals surface area contributed by atoms with Crippen LogP contribution in [0.5, 0.6) is 5.75 Å². The van der Waals surface area contributed by atoms with Crippen molar-refractivity contribution in [3.63, 3.8) is 0 Å². The molecule has 0 N–H and O–H groups in total. The first-order valence-electron chi connectivity index (χ1n) is 7.35. The molecule has 0 aliphatic carbocycles. The lowest BCUT2D eigenvalue weighted by Crippen LogP contribution is -2.17. The molecule has 24 heavy (non-hydrogen) atoms. The van der Waals surface area contributed by atoms with Crippen molar-refractivity contribution in [2.75, 3.05) is 6.54 Å². The monoisotopic (exact) mass is 333 g/mol. The third-order valence-electron chi connectivity index (χ3n) is 3.28. The largest absolute Gasteiger partial charge is 0.656 e. The summed E-state index contributed by atoms with van der Waals surface area (Å²) < 4.78 is 44.2. The number of hydrogen-bond acceptors (Lipinski definition) is 2. The molecule has 3 nitrogen and oxygen atoms in total. The smallest absolute Gasteiger partial charge is 0.417 e. The molecular formula is C18H16F3N2O-. The molecule has 6 heteroatoms. The summed E-state index contributed by atoms with van der Waals surface area (Å²) in [7, 11) is 0. The predicted molar refractivity (Wildman–Crippen MR) is 84.6 cm³/mol. The summed E-state index contributed by atoms with van der Waals surface area (Å²) in [6.07, 6.45) is -4.96. The number of halogens is 3. The molecule has 1 atom stereocenters. The van der Waals surface area contributed by atoms with Crippen LogP contribution < -0.4 is 4.74 Å². The summed E-state index contributed by atoms with van der Waals surface area (Å²) in [6, 6.07) is 14.5. The molecule has 2 aromatic carbocycles. The zero-order valence-electron chi connectivity index (χ0n) is 13.0. The maximum Gasteiger partial charge on any atom is 0.417 e. The standard InChI is InChI=1S/C18H16F3N2O/c1-13(11-23-12-14-5-3-2-4-6-14)24-16-8-7-15(10-22)17(9-16)18(19,20)21/h2-9,13H,11-12H2,1H3/q-1. The molecule has 126 valence electrons. The van der Waals surface area contributed by atoms with E-state index in [2.05, 4.69) is 5.32 Å². The van der Waals surface area contributed by atoms with Crippen LogP contribution in [0.25, 0.3) is 5.32 Å². The van der Waals surface area contributed by atoms with E-state index in [1.807, 2.05) is 30.3 Å². The highest BCUT2D eigenvalue weighted by atomic mass is 19.4. The molecule has 1 unspecified atom stereocenters. The SMILES string of the molecule is CC(C[N-]Cc1ccccc1)Oc1ccc(C#N)c(C(F)(F)F)c1. The molecule has 0 radical (unpaired) electrons. The lowest BCUT2D eigenvalue weighted by Gasteiger charge is -2.25. The van der Waals surface area contributed by atoms with Crippen LogP contribution in [0.4, 0.5) is 13.2 Å². The lowest BCUT2D eigenvalue weighted by atomic mass is 10.1. The van der Waals surface area contributed by atoms with Crippen molar-refractivity contribution in [3.05, 3.63) is 70.5 Å². The molecule has 0 spiro atoms. The lowest BCUT2D eigenvalue weighted by molar-refractivity contribution is -0.137. The van der Waals surface area contributed by atoms with Gasteiger partial charge in [0.2, 0.25) is 0 Å². The highest BCUT2D eigenvalue weighted by Gasteiger charge is 2.34. The molecule has 2 rings (SSSR count). The molecule has 0 heterocycles. The number of nitrogens with zero attached hydrogens (tertiary/aromatic N) is 2. The zero-order valence-corrected chi connectivity index (χ0v) is 13.0. The van der Waals surface area contributed by atoms with Crippen LogP contribution in [0.15, 0.2) is 48.5 Å². The summed E-state index contributed by atoms with van der Waals surface area (Å²) >= 11 is 0. The maximum atomic E-state index is 12.9. The van der Waals surface area contributed by atoms with Crippen LogP contribution >= 0.6 is 0 Å². The molecule has 0 aromatic heterocycles. The molecule has 0 aliphatic rings. The summed E-state index contributed by atoms with van der Waals surface area (Å²) in [5.41, 5.74) is -0.352. The number of ether oxygens (including phenoxy) is 1. The van der Waals surface area contributed by atoms with E-state index in [4.69, 9.17) is 10.00 Å². The fraction of sp³-hybridized carbons (Fsp3) is 0.278. The summed E-state index contributed by atoms with van der Waals surface area (Å²) in [4.78, 5) is 0. The van der Waals surface area contributed by atoms with E-state index >= 15 is 0 Å². The highest BCUT2D eigenvalue weighted by molar-refractivity contribution is 5.44. The number of benzene rings is 2. The van der Waals surface area contributed by atoms with Crippen molar-refractivity contribution < 1.29 is 17.9 Å². The summed E-state index contributed by atoms with van der Waals surface area (Å²) in [5.74, 6) is 0.0729. The van der Waals surface area contributed by atoms with Crippen molar-refractivity contribution in [1.29, 1.82) is 5.26 Å². The zero-order chi connectivity index (χ0) is 17.6. The topological polar surface area (TPSA) is 47.1 Å². The van der Waals surface area contributed by atoms with E-state index in [0.717, 1.165) is 17.7 Å². The van der Waals surface area contributed by atoms with Crippen LogP contribution in [0.2, 0.25) is 0 Å². The Kier molecular flexibility index (Phi) is 5.83. The van der Waals surface area contributed by atoms with Crippen LogP contribution in [0, 0.1) is 11.3 Å². The Bertz CT molecular complexity index is 708. The summed E-state index contributed by atoms with van der Waals surface area (Å²) in [6.45, 7) is 2.62. The van der Waals surface area contributed by atoms with Crippen molar-refractivity contribution in [1.82, 2.24) is 0 Å². The van der Waals surface area contributed by atoms with Crippen molar-refractivity contribution in [3.8, 4) is 11.8 Å². The van der Waals surface area contributed by atoms with Gasteiger partial charge in [-0.25, -0.2) is 0 Å². The Morgan fingerprint density at radius 3 is 2.50 bits per heavy atom. The first-order chi connectivity index (χ1) is 11.4. The van der Waals surface area contributed by atoms with E-state index in [1.165, 1.54) is 6.07 Å². The van der Waals surface area contributed by atoms with Gasteiger partial charge in [0.05, 0.1) is 23.3 Å². The van der Waals surface area contributed by atoms with Crippen LogP contribution in [0.1, 0.15) is 23.6 Å². The van der Waals surface area contributed by atoms with Gasteiger partial charge < -0.3 is 10.1 Å². The molecular weight excluding hydrogens is 317 g/mol. The molecule has 0 fully saturated rings. The molecule has 0 bridgehead atoms. The number of alkyl halides is 3. The Labute approximate surface area is 138 Å². The fourth-order valence-corrected chi connectivity index (χ4v) is 2.16. The van der Waals surface area contributed by atoms with E-state index in [1.54, 1.807) is 13.0 Å². The third kappa shape index (κ3) is 5.00. The number of rotatable bonds is 6. The Morgan fingerprint density at radius 2 is 1.88 bits per heavy atom. The van der Waals surface area contributed by atoms with Crippen LogP contribution in [-0.4, -0.2) is 12.6 Å². The minimum Gasteiger partial charge on any atom is -0.656 e. The van der Waals surface area contributed by atoms with Gasteiger partial charge in [0, 0.05) is 0 Å². The second-order valence-corrected chi connectivity index (χ2v) is 5.30. The van der Waals surface area contributed by atoms with Crippen LogP contribution in [-0.2, 0) is 12.7 Å². The van der Waals surface area contributed by atoms with Crippen molar-refractivity contribution >= 4 is 0 Å². The molecule has 0 amide bonds. The van der Waals surface area contributed by atoms with Gasteiger partial charge in [0.1, 0.15) is 5.75 Å². The average Bonchev–Trinajstić information content (AvgIpc) is 2.55. The summed E-state index contributed by atoms with van der Waals surface area (Å²) in [5, 5.41) is 13.1. The van der Waals surface area contributed by atoms with Gasteiger partial charge in [-0.3, -0.25) is 0 Å². The quantitative estimate of drug-likeness (QED) is 0.753. The van der Waals surface area contributed by atoms with Gasteiger partial charge in [-0.1, -0.05) is 35.9 Å². The van der Waals surface area contributed by atoms with Crippen molar-refractivity contribution in [2.45, 2.75) is 25.7 Å². The van der Waals surface area contributed by atoms with E-state index < -0.39 is 17.3 Å². The minimum absolute atomic E-state index is 0.0729. The van der Waals surface area contributed by atoms with Gasteiger partial charge in [-0.15, -0.1) is 13.1 Å². The van der Waals surface area contributed by atoms with E-state index in [9.17, 15) is 13.2 Å². The highest BCUT2D eigenvalue weighted by Crippen LogP contribution is 2.34. The normalized spacial score (nSPS) is 12.5. The maximum absolute atomic E-state index is 12.9. The van der Waals surface area contributed by atoms with E-state index in [-0.39, 0.29) is 11.9 Å². The number of nitriles is 1. The molecule has 2 aromatic rings.